The minimum Gasteiger partial charge on any atom is -0.494 e. The van der Waals surface area contributed by atoms with Gasteiger partial charge in [-0.3, -0.25) is 9.59 Å². The number of hydrogen-bond donors (Lipinski definition) is 2. The maximum absolute atomic E-state index is 12.0. The molecular weight excluding hydrogens is 366 g/mol. The van der Waals surface area contributed by atoms with Crippen LogP contribution in [0.25, 0.3) is 10.8 Å². The molecule has 0 aliphatic carbocycles. The minimum absolute atomic E-state index is 0.394. The molecule has 29 heavy (non-hydrogen) atoms. The predicted molar refractivity (Wildman–Crippen MR) is 113 cm³/mol. The standard InChI is InChI=1S/C24H25NO4/c26-23(27)17-25-24(28)21-11-10-20-16-22(13-12-19(20)15-21)29-14-6-2-5-9-18-7-3-1-4-8-18/h1,3-4,7-8,10-13,15-16H,2,5-6,9,14,17H2,(H,25,28)(H,26,27). The molecule has 0 unspecified atom stereocenters. The van der Waals surface area contributed by atoms with Gasteiger partial charge < -0.3 is 15.2 Å². The van der Waals surface area contributed by atoms with E-state index < -0.39 is 18.4 Å². The molecule has 150 valence electrons. The first-order chi connectivity index (χ1) is 14.1. The highest BCUT2D eigenvalue weighted by Crippen LogP contribution is 2.22. The average molecular weight is 391 g/mol. The molecule has 0 aliphatic heterocycles. The third-order valence-corrected chi connectivity index (χ3v) is 4.70. The Morgan fingerprint density at radius 1 is 0.862 bits per heavy atom. The highest BCUT2D eigenvalue weighted by atomic mass is 16.5. The van der Waals surface area contributed by atoms with Gasteiger partial charge in [-0.25, -0.2) is 0 Å². The van der Waals surface area contributed by atoms with Crippen molar-refractivity contribution in [1.29, 1.82) is 0 Å². The molecule has 0 saturated carbocycles. The van der Waals surface area contributed by atoms with Crippen molar-refractivity contribution < 1.29 is 19.4 Å². The van der Waals surface area contributed by atoms with Crippen LogP contribution in [0.5, 0.6) is 5.75 Å². The predicted octanol–water partition coefficient (Wildman–Crippen LogP) is 4.45. The van der Waals surface area contributed by atoms with Crippen molar-refractivity contribution in [3.63, 3.8) is 0 Å². The Hall–Kier alpha value is -3.34. The Morgan fingerprint density at radius 3 is 2.41 bits per heavy atom. The molecule has 0 radical (unpaired) electrons. The van der Waals surface area contributed by atoms with E-state index >= 15 is 0 Å². The zero-order valence-electron chi connectivity index (χ0n) is 16.3. The first-order valence-corrected chi connectivity index (χ1v) is 9.82. The van der Waals surface area contributed by atoms with E-state index in [0.717, 1.165) is 42.2 Å². The molecule has 0 bridgehead atoms. The molecule has 1 amide bonds. The van der Waals surface area contributed by atoms with Crippen LogP contribution in [0, 0.1) is 0 Å². The molecule has 0 saturated heterocycles. The van der Waals surface area contributed by atoms with Crippen LogP contribution < -0.4 is 10.1 Å². The number of ether oxygens (including phenoxy) is 1. The van der Waals surface area contributed by atoms with Gasteiger partial charge in [-0.1, -0.05) is 42.5 Å². The maximum Gasteiger partial charge on any atom is 0.322 e. The van der Waals surface area contributed by atoms with Crippen molar-refractivity contribution in [2.45, 2.75) is 25.7 Å². The second kappa shape index (κ2) is 10.3. The van der Waals surface area contributed by atoms with Crippen molar-refractivity contribution in [1.82, 2.24) is 5.32 Å². The van der Waals surface area contributed by atoms with E-state index in [-0.39, 0.29) is 0 Å². The molecule has 0 atom stereocenters. The average Bonchev–Trinajstić information content (AvgIpc) is 2.74. The van der Waals surface area contributed by atoms with Crippen molar-refractivity contribution >= 4 is 22.6 Å². The van der Waals surface area contributed by atoms with Gasteiger partial charge in [0.25, 0.3) is 5.91 Å². The lowest BCUT2D eigenvalue weighted by atomic mass is 10.1. The van der Waals surface area contributed by atoms with E-state index in [1.165, 1.54) is 5.56 Å². The Balaban J connectivity index is 1.46. The molecule has 0 heterocycles. The lowest BCUT2D eigenvalue weighted by Crippen LogP contribution is -2.29. The summed E-state index contributed by atoms with van der Waals surface area (Å²) in [5.74, 6) is -0.658. The fourth-order valence-corrected chi connectivity index (χ4v) is 3.16. The van der Waals surface area contributed by atoms with Crippen LogP contribution in [0.4, 0.5) is 0 Å². The number of carboxylic acids is 1. The van der Waals surface area contributed by atoms with Gasteiger partial charge in [-0.05, 0) is 66.3 Å². The molecule has 3 aromatic carbocycles. The quantitative estimate of drug-likeness (QED) is 0.501. The van der Waals surface area contributed by atoms with E-state index in [4.69, 9.17) is 9.84 Å². The third kappa shape index (κ3) is 6.35. The van der Waals surface area contributed by atoms with Crippen LogP contribution in [-0.2, 0) is 11.2 Å². The Morgan fingerprint density at radius 2 is 1.62 bits per heavy atom. The molecule has 5 nitrogen and oxygen atoms in total. The van der Waals surface area contributed by atoms with E-state index in [2.05, 4.69) is 29.6 Å². The van der Waals surface area contributed by atoms with Gasteiger partial charge >= 0.3 is 5.97 Å². The molecular formula is C24H25NO4. The van der Waals surface area contributed by atoms with E-state index in [9.17, 15) is 9.59 Å². The van der Waals surface area contributed by atoms with Crippen LogP contribution in [0.3, 0.4) is 0 Å². The van der Waals surface area contributed by atoms with Gasteiger partial charge in [-0.15, -0.1) is 0 Å². The van der Waals surface area contributed by atoms with Crippen molar-refractivity contribution in [2.24, 2.45) is 0 Å². The molecule has 2 N–H and O–H groups in total. The maximum atomic E-state index is 12.0. The van der Waals surface area contributed by atoms with E-state index in [1.54, 1.807) is 12.1 Å². The van der Waals surface area contributed by atoms with Gasteiger partial charge in [0, 0.05) is 5.56 Å². The number of hydrogen-bond acceptors (Lipinski definition) is 3. The number of amides is 1. The summed E-state index contributed by atoms with van der Waals surface area (Å²) in [4.78, 5) is 22.5. The third-order valence-electron chi connectivity index (χ3n) is 4.70. The second-order valence-corrected chi connectivity index (χ2v) is 6.94. The lowest BCUT2D eigenvalue weighted by molar-refractivity contribution is -0.135. The molecule has 0 fully saturated rings. The smallest absolute Gasteiger partial charge is 0.322 e. The SMILES string of the molecule is O=C(O)CNC(=O)c1ccc2cc(OCCCCCc3ccccc3)ccc2c1. The number of aliphatic carboxylic acids is 1. The van der Waals surface area contributed by atoms with E-state index in [0.29, 0.717) is 12.2 Å². The van der Waals surface area contributed by atoms with Crippen LogP contribution in [0.15, 0.2) is 66.7 Å². The summed E-state index contributed by atoms with van der Waals surface area (Å²) in [5.41, 5.74) is 1.81. The molecule has 5 heteroatoms. The molecule has 0 aromatic heterocycles. The fraction of sp³-hybridized carbons (Fsp3) is 0.250. The molecule has 0 aliphatic rings. The number of nitrogens with one attached hydrogen (secondary N) is 1. The van der Waals surface area contributed by atoms with Gasteiger partial charge in [0.1, 0.15) is 12.3 Å². The lowest BCUT2D eigenvalue weighted by Gasteiger charge is -2.09. The number of carboxylic acid groups (broad SMARTS) is 1. The molecule has 3 aromatic rings. The highest BCUT2D eigenvalue weighted by Gasteiger charge is 2.08. The largest absolute Gasteiger partial charge is 0.494 e. The topological polar surface area (TPSA) is 75.6 Å². The van der Waals surface area contributed by atoms with Crippen LogP contribution in [0.1, 0.15) is 35.2 Å². The van der Waals surface area contributed by atoms with Gasteiger partial charge in [-0.2, -0.15) is 0 Å². The summed E-state index contributed by atoms with van der Waals surface area (Å²) in [6.45, 7) is 0.283. The van der Waals surface area contributed by atoms with E-state index in [1.807, 2.05) is 30.3 Å². The van der Waals surface area contributed by atoms with Crippen LogP contribution >= 0.6 is 0 Å². The summed E-state index contributed by atoms with van der Waals surface area (Å²) in [6.07, 6.45) is 4.38. The number of unbranched alkanes of at least 4 members (excludes halogenated alkanes) is 2. The first-order valence-electron chi connectivity index (χ1n) is 9.82. The first kappa shape index (κ1) is 20.4. The fourth-order valence-electron chi connectivity index (χ4n) is 3.16. The monoisotopic (exact) mass is 391 g/mol. The summed E-state index contributed by atoms with van der Waals surface area (Å²) in [5, 5.41) is 12.9. The number of benzene rings is 3. The van der Waals surface area contributed by atoms with Crippen LogP contribution in [-0.4, -0.2) is 30.1 Å². The normalized spacial score (nSPS) is 10.6. The second-order valence-electron chi connectivity index (χ2n) is 6.94. The summed E-state index contributed by atoms with van der Waals surface area (Å²) < 4.78 is 5.86. The Labute approximate surface area is 170 Å². The summed E-state index contributed by atoms with van der Waals surface area (Å²) in [7, 11) is 0. The van der Waals surface area contributed by atoms with Crippen molar-refractivity contribution in [3.8, 4) is 5.75 Å². The highest BCUT2D eigenvalue weighted by molar-refractivity contribution is 5.99. The van der Waals surface area contributed by atoms with Gasteiger partial charge in [0.15, 0.2) is 0 Å². The Bertz CT molecular complexity index is 969. The number of fused-ring (bicyclic) bond motifs is 1. The zero-order chi connectivity index (χ0) is 20.5. The Kier molecular flexibility index (Phi) is 7.22. The van der Waals surface area contributed by atoms with Crippen LogP contribution in [0.2, 0.25) is 0 Å². The number of aryl methyl sites for hydroxylation is 1. The zero-order valence-corrected chi connectivity index (χ0v) is 16.3. The number of carbonyl (C=O) groups excluding carboxylic acids is 1. The summed E-state index contributed by atoms with van der Waals surface area (Å²) >= 11 is 0. The minimum atomic E-state index is -1.07. The van der Waals surface area contributed by atoms with Crippen molar-refractivity contribution in [2.75, 3.05) is 13.2 Å². The number of carbonyl (C=O) groups is 2. The van der Waals surface area contributed by atoms with Crippen molar-refractivity contribution in [3.05, 3.63) is 77.9 Å². The molecule has 0 spiro atoms. The summed E-state index contributed by atoms with van der Waals surface area (Å²) in [6, 6.07) is 21.5. The molecule has 3 rings (SSSR count). The van der Waals surface area contributed by atoms with Gasteiger partial charge in [0.05, 0.1) is 6.61 Å². The van der Waals surface area contributed by atoms with Gasteiger partial charge in [0.2, 0.25) is 0 Å². The number of rotatable bonds is 10.